The Labute approximate surface area is 104 Å². The van der Waals surface area contributed by atoms with Gasteiger partial charge in [-0.3, -0.25) is 4.79 Å². The van der Waals surface area contributed by atoms with Gasteiger partial charge in [-0.05, 0) is 18.9 Å². The molecule has 0 atom stereocenters. The van der Waals surface area contributed by atoms with Crippen molar-refractivity contribution in [2.24, 2.45) is 5.92 Å². The number of furan rings is 1. The Morgan fingerprint density at radius 2 is 2.17 bits per heavy atom. The number of carboxylic acid groups (broad SMARTS) is 1. The molecule has 98 valence electrons. The number of carbonyl (C=O) groups is 2. The number of amides is 1. The van der Waals surface area contributed by atoms with Gasteiger partial charge in [-0.25, -0.2) is 4.79 Å². The van der Waals surface area contributed by atoms with E-state index in [1.165, 1.54) is 6.26 Å². The fourth-order valence-corrected chi connectivity index (χ4v) is 1.65. The average Bonchev–Trinajstić information content (AvgIpc) is 3.08. The highest BCUT2D eigenvalue weighted by atomic mass is 16.4. The van der Waals surface area contributed by atoms with Crippen molar-refractivity contribution >= 4 is 11.9 Å². The van der Waals surface area contributed by atoms with Crippen molar-refractivity contribution in [2.45, 2.75) is 19.4 Å². The predicted molar refractivity (Wildman–Crippen MR) is 63.1 cm³/mol. The summed E-state index contributed by atoms with van der Waals surface area (Å²) in [5.74, 6) is -0.771. The van der Waals surface area contributed by atoms with Crippen LogP contribution in [0.2, 0.25) is 0 Å². The second-order valence-corrected chi connectivity index (χ2v) is 4.32. The van der Waals surface area contributed by atoms with Crippen molar-refractivity contribution < 1.29 is 19.1 Å². The van der Waals surface area contributed by atoms with E-state index in [4.69, 9.17) is 9.52 Å². The maximum Gasteiger partial charge on any atom is 0.372 e. The van der Waals surface area contributed by atoms with Crippen molar-refractivity contribution in [1.82, 2.24) is 10.6 Å². The Kier molecular flexibility index (Phi) is 3.99. The van der Waals surface area contributed by atoms with Crippen LogP contribution >= 0.6 is 0 Å². The number of aromatic carboxylic acids is 1. The SMILES string of the molecule is O=C(O)c1occc1CNCCNC(=O)C1CC1. The van der Waals surface area contributed by atoms with Crippen molar-refractivity contribution in [3.05, 3.63) is 23.7 Å². The number of carbonyl (C=O) groups excluding carboxylic acids is 1. The van der Waals surface area contributed by atoms with Gasteiger partial charge in [0.25, 0.3) is 0 Å². The predicted octanol–water partition coefficient (Wildman–Crippen LogP) is 0.594. The summed E-state index contributed by atoms with van der Waals surface area (Å²) in [5, 5.41) is 14.7. The van der Waals surface area contributed by atoms with Gasteiger partial charge >= 0.3 is 5.97 Å². The number of carboxylic acids is 1. The van der Waals surface area contributed by atoms with Crippen LogP contribution < -0.4 is 10.6 Å². The van der Waals surface area contributed by atoms with Gasteiger partial charge in [-0.15, -0.1) is 0 Å². The number of hydrogen-bond donors (Lipinski definition) is 3. The normalized spacial score (nSPS) is 14.4. The molecule has 18 heavy (non-hydrogen) atoms. The van der Waals surface area contributed by atoms with Gasteiger partial charge < -0.3 is 20.2 Å². The third-order valence-corrected chi connectivity index (χ3v) is 2.81. The standard InChI is InChI=1S/C12H16N2O4/c15-11(8-1-2-8)14-5-4-13-7-9-3-6-18-10(9)12(16)17/h3,6,8,13H,1-2,4-5,7H2,(H,14,15)(H,16,17). The fourth-order valence-electron chi connectivity index (χ4n) is 1.65. The highest BCUT2D eigenvalue weighted by Crippen LogP contribution is 2.28. The van der Waals surface area contributed by atoms with Gasteiger partial charge in [-0.2, -0.15) is 0 Å². The number of rotatable bonds is 7. The van der Waals surface area contributed by atoms with Crippen LogP contribution in [-0.4, -0.2) is 30.1 Å². The lowest BCUT2D eigenvalue weighted by molar-refractivity contribution is -0.122. The van der Waals surface area contributed by atoms with Crippen molar-refractivity contribution in [3.63, 3.8) is 0 Å². The summed E-state index contributed by atoms with van der Waals surface area (Å²) >= 11 is 0. The quantitative estimate of drug-likeness (QED) is 0.618. The lowest BCUT2D eigenvalue weighted by atomic mass is 10.2. The van der Waals surface area contributed by atoms with Crippen molar-refractivity contribution in [3.8, 4) is 0 Å². The molecule has 1 aliphatic carbocycles. The van der Waals surface area contributed by atoms with Crippen LogP contribution in [0.25, 0.3) is 0 Å². The molecule has 1 amide bonds. The highest BCUT2D eigenvalue weighted by Gasteiger charge is 2.28. The van der Waals surface area contributed by atoms with Gasteiger partial charge in [0.05, 0.1) is 6.26 Å². The van der Waals surface area contributed by atoms with Gasteiger partial charge in [0.2, 0.25) is 11.7 Å². The van der Waals surface area contributed by atoms with Gasteiger partial charge in [0, 0.05) is 31.1 Å². The maximum absolute atomic E-state index is 11.3. The van der Waals surface area contributed by atoms with Crippen LogP contribution in [0.1, 0.15) is 29.0 Å². The largest absolute Gasteiger partial charge is 0.475 e. The minimum Gasteiger partial charge on any atom is -0.475 e. The zero-order valence-electron chi connectivity index (χ0n) is 9.94. The lowest BCUT2D eigenvalue weighted by Gasteiger charge is -2.05. The Morgan fingerprint density at radius 1 is 1.39 bits per heavy atom. The van der Waals surface area contributed by atoms with E-state index in [0.29, 0.717) is 25.2 Å². The molecule has 1 saturated carbocycles. The third kappa shape index (κ3) is 3.33. The number of hydrogen-bond acceptors (Lipinski definition) is 4. The summed E-state index contributed by atoms with van der Waals surface area (Å²) < 4.78 is 4.85. The summed E-state index contributed by atoms with van der Waals surface area (Å²) in [6.45, 7) is 1.57. The Hall–Kier alpha value is -1.82. The van der Waals surface area contributed by atoms with Crippen LogP contribution in [0.3, 0.4) is 0 Å². The molecule has 1 heterocycles. The Morgan fingerprint density at radius 3 is 2.83 bits per heavy atom. The molecule has 0 radical (unpaired) electrons. The minimum atomic E-state index is -1.07. The van der Waals surface area contributed by atoms with Gasteiger partial charge in [-0.1, -0.05) is 0 Å². The average molecular weight is 252 g/mol. The van der Waals surface area contributed by atoms with E-state index in [0.717, 1.165) is 12.8 Å². The van der Waals surface area contributed by atoms with E-state index in [1.807, 2.05) is 0 Å². The molecular weight excluding hydrogens is 236 g/mol. The van der Waals surface area contributed by atoms with E-state index >= 15 is 0 Å². The molecule has 6 nitrogen and oxygen atoms in total. The van der Waals surface area contributed by atoms with E-state index in [1.54, 1.807) is 6.07 Å². The molecular formula is C12H16N2O4. The first-order valence-corrected chi connectivity index (χ1v) is 5.96. The summed E-state index contributed by atoms with van der Waals surface area (Å²) in [6.07, 6.45) is 3.35. The minimum absolute atomic E-state index is 0.0375. The van der Waals surface area contributed by atoms with E-state index in [-0.39, 0.29) is 17.6 Å². The molecule has 1 fully saturated rings. The Balaban J connectivity index is 1.64. The molecule has 1 aromatic rings. The first-order chi connectivity index (χ1) is 8.68. The van der Waals surface area contributed by atoms with E-state index in [9.17, 15) is 9.59 Å². The summed E-state index contributed by atoms with van der Waals surface area (Å²) in [7, 11) is 0. The third-order valence-electron chi connectivity index (χ3n) is 2.81. The van der Waals surface area contributed by atoms with E-state index in [2.05, 4.69) is 10.6 Å². The van der Waals surface area contributed by atoms with Crippen LogP contribution in [0.5, 0.6) is 0 Å². The van der Waals surface area contributed by atoms with Crippen LogP contribution in [-0.2, 0) is 11.3 Å². The van der Waals surface area contributed by atoms with Crippen molar-refractivity contribution in [2.75, 3.05) is 13.1 Å². The van der Waals surface area contributed by atoms with Crippen LogP contribution in [0.15, 0.2) is 16.7 Å². The lowest BCUT2D eigenvalue weighted by Crippen LogP contribution is -2.32. The molecule has 0 aliphatic heterocycles. The zero-order chi connectivity index (χ0) is 13.0. The Bertz CT molecular complexity index is 437. The summed E-state index contributed by atoms with van der Waals surface area (Å²) in [6, 6.07) is 1.62. The highest BCUT2D eigenvalue weighted by molar-refractivity contribution is 5.86. The van der Waals surface area contributed by atoms with Gasteiger partial charge in [0.15, 0.2) is 0 Å². The number of nitrogens with one attached hydrogen (secondary N) is 2. The first-order valence-electron chi connectivity index (χ1n) is 5.96. The van der Waals surface area contributed by atoms with E-state index < -0.39 is 5.97 Å². The molecule has 1 aliphatic rings. The molecule has 6 heteroatoms. The van der Waals surface area contributed by atoms with Gasteiger partial charge in [0.1, 0.15) is 0 Å². The van der Waals surface area contributed by atoms with Crippen LogP contribution in [0.4, 0.5) is 0 Å². The fraction of sp³-hybridized carbons (Fsp3) is 0.500. The molecule has 0 aromatic carbocycles. The molecule has 1 aromatic heterocycles. The van der Waals surface area contributed by atoms with Crippen molar-refractivity contribution in [1.29, 1.82) is 0 Å². The molecule has 2 rings (SSSR count). The molecule has 3 N–H and O–H groups in total. The second-order valence-electron chi connectivity index (χ2n) is 4.32. The molecule has 0 spiro atoms. The van der Waals surface area contributed by atoms with Crippen LogP contribution in [0, 0.1) is 5.92 Å². The maximum atomic E-state index is 11.3. The molecule has 0 saturated heterocycles. The summed E-state index contributed by atoms with van der Waals surface area (Å²) in [5.41, 5.74) is 0.607. The first kappa shape index (κ1) is 12.6. The summed E-state index contributed by atoms with van der Waals surface area (Å²) in [4.78, 5) is 22.1. The second kappa shape index (κ2) is 5.68. The zero-order valence-corrected chi connectivity index (χ0v) is 9.94. The smallest absolute Gasteiger partial charge is 0.372 e. The molecule has 0 bridgehead atoms. The molecule has 0 unspecified atom stereocenters. The monoisotopic (exact) mass is 252 g/mol. The topological polar surface area (TPSA) is 91.6 Å².